The minimum Gasteiger partial charge on any atom is -0.507 e. The van der Waals surface area contributed by atoms with Gasteiger partial charge in [-0.25, -0.2) is 4.98 Å². The van der Waals surface area contributed by atoms with Gasteiger partial charge in [0.05, 0.1) is 28.5 Å². The zero-order valence-corrected chi connectivity index (χ0v) is 49.6. The van der Waals surface area contributed by atoms with Gasteiger partial charge >= 0.3 is 5.97 Å². The third-order valence-electron chi connectivity index (χ3n) is 12.9. The van der Waals surface area contributed by atoms with E-state index in [0.717, 1.165) is 0 Å². The quantitative estimate of drug-likeness (QED) is 0.0212. The highest BCUT2D eigenvalue weighted by atomic mass is 127. The monoisotopic (exact) mass is 1230 g/mol. The van der Waals surface area contributed by atoms with Crippen LogP contribution in [-0.4, -0.2) is 156 Å². The Balaban J connectivity index is 2.46. The van der Waals surface area contributed by atoms with Crippen LogP contribution in [0.25, 0.3) is 0 Å². The zero-order valence-electron chi connectivity index (χ0n) is 45.6. The van der Waals surface area contributed by atoms with E-state index in [-0.39, 0.29) is 73.7 Å². The van der Waals surface area contributed by atoms with Crippen LogP contribution >= 0.6 is 47.8 Å². The second-order valence-electron chi connectivity index (χ2n) is 20.2. The summed E-state index contributed by atoms with van der Waals surface area (Å²) in [5.41, 5.74) is 6.75. The molecule has 0 bridgehead atoms. The van der Waals surface area contributed by atoms with Crippen molar-refractivity contribution in [3.63, 3.8) is 0 Å². The van der Waals surface area contributed by atoms with Crippen LogP contribution < -0.4 is 43.0 Å². The lowest BCUT2D eigenvalue weighted by Gasteiger charge is -2.32. The SMILES string of the molecule is C\C=C(I)/C(O)=C\C(C)=C(\N[C@@H](CC)C(=O)N[C@@H](CC(=O)O)C(=O)NC(CC(C)C)C(=O)N[C@@H](CS)C(=O)NC(Cc1cnc[nH]1)C(=O)N[C@H](C(=O)NC(CC(C)C)C(N)=O)C(C)CC)C1CC(O)CN1C(=O)[C@@H](C)CS. The van der Waals surface area contributed by atoms with E-state index in [1.54, 1.807) is 54.5 Å². The molecule has 0 spiro atoms. The molecule has 1 saturated heterocycles. The number of primary amides is 1. The zero-order chi connectivity index (χ0) is 58.4. The van der Waals surface area contributed by atoms with Crippen molar-refractivity contribution in [2.45, 2.75) is 169 Å². The number of aliphatic carboxylic acids is 1. The molecule has 23 nitrogen and oxygen atoms in total. The van der Waals surface area contributed by atoms with E-state index in [4.69, 9.17) is 5.73 Å². The summed E-state index contributed by atoms with van der Waals surface area (Å²) in [6, 6.07) is -10.0. The number of nitrogens with zero attached hydrogens (tertiary/aromatic N) is 2. The van der Waals surface area contributed by atoms with Gasteiger partial charge in [0.25, 0.3) is 0 Å². The van der Waals surface area contributed by atoms with E-state index in [0.29, 0.717) is 27.0 Å². The molecule has 2 rings (SSSR count). The third-order valence-corrected chi connectivity index (χ3v) is 14.9. The van der Waals surface area contributed by atoms with E-state index < -0.39 is 120 Å². The van der Waals surface area contributed by atoms with Crippen molar-refractivity contribution in [2.24, 2.45) is 29.4 Å². The van der Waals surface area contributed by atoms with Gasteiger partial charge in [-0.3, -0.25) is 43.2 Å². The summed E-state index contributed by atoms with van der Waals surface area (Å²) in [5.74, 6) is -8.94. The molecule has 26 heteroatoms. The van der Waals surface area contributed by atoms with Crippen LogP contribution in [0.4, 0.5) is 0 Å². The first kappa shape index (κ1) is 67.8. The molecule has 0 radical (unpaired) electrons. The van der Waals surface area contributed by atoms with Gasteiger partial charge in [-0.15, -0.1) is 0 Å². The van der Waals surface area contributed by atoms with E-state index in [1.807, 2.05) is 43.4 Å². The van der Waals surface area contributed by atoms with Gasteiger partial charge < -0.3 is 68.2 Å². The number of amides is 8. The molecular formula is C51H82IN11O12S2. The van der Waals surface area contributed by atoms with Gasteiger partial charge in [-0.2, -0.15) is 25.3 Å². The number of aliphatic hydroxyl groups excluding tert-OH is 2. The van der Waals surface area contributed by atoms with E-state index >= 15 is 0 Å². The Morgan fingerprint density at radius 2 is 1.30 bits per heavy atom. The number of thiol groups is 2. The molecule has 77 heavy (non-hydrogen) atoms. The number of carbonyl (C=O) groups excluding carboxylic acids is 8. The van der Waals surface area contributed by atoms with Crippen molar-refractivity contribution < 1.29 is 58.5 Å². The molecule has 0 saturated carbocycles. The molecule has 8 amide bonds. The highest BCUT2D eigenvalue weighted by molar-refractivity contribution is 14.1. The molecule has 1 fully saturated rings. The van der Waals surface area contributed by atoms with E-state index in [2.05, 4.69) is 72.4 Å². The number of likely N-dealkylation sites (tertiary alicyclic amines) is 1. The molecule has 6 unspecified atom stereocenters. The number of allylic oxidation sites excluding steroid dienone is 4. The van der Waals surface area contributed by atoms with E-state index in [1.165, 1.54) is 23.5 Å². The fraction of sp³-hybridized carbons (Fsp3) is 0.647. The number of hydrogen-bond acceptors (Lipinski definition) is 15. The molecule has 432 valence electrons. The predicted octanol–water partition coefficient (Wildman–Crippen LogP) is 1.84. The Morgan fingerprint density at radius 1 is 0.766 bits per heavy atom. The molecular weight excluding hydrogens is 1150 g/mol. The number of imidazole rings is 1. The lowest BCUT2D eigenvalue weighted by atomic mass is 9.96. The van der Waals surface area contributed by atoms with Crippen LogP contribution in [0, 0.1) is 23.7 Å². The number of β-amino-alcohol motifs (C(OH)–C–C–N with tert-alkyl or cyclic N) is 1. The topological polar surface area (TPSA) is 356 Å². The van der Waals surface area contributed by atoms with E-state index in [9.17, 15) is 58.5 Å². The van der Waals surface area contributed by atoms with Crippen molar-refractivity contribution in [1.29, 1.82) is 0 Å². The number of halogens is 1. The first-order valence-electron chi connectivity index (χ1n) is 25.8. The number of aromatic amines is 1. The summed E-state index contributed by atoms with van der Waals surface area (Å²) in [7, 11) is 0. The largest absolute Gasteiger partial charge is 0.507 e. The minimum absolute atomic E-state index is 0.00462. The van der Waals surface area contributed by atoms with Crippen molar-refractivity contribution >= 4 is 101 Å². The first-order chi connectivity index (χ1) is 36.1. The summed E-state index contributed by atoms with van der Waals surface area (Å²) in [4.78, 5) is 131. The second-order valence-corrected chi connectivity index (χ2v) is 22.1. The van der Waals surface area contributed by atoms with Crippen LogP contribution in [0.5, 0.6) is 0 Å². The number of rotatable bonds is 32. The van der Waals surface area contributed by atoms with Crippen LogP contribution in [0.15, 0.2) is 45.3 Å². The van der Waals surface area contributed by atoms with Gasteiger partial charge in [0, 0.05) is 54.4 Å². The minimum atomic E-state index is -1.74. The highest BCUT2D eigenvalue weighted by Gasteiger charge is 2.41. The average molecular weight is 1230 g/mol. The maximum Gasteiger partial charge on any atom is 0.305 e. The molecule has 1 aromatic heterocycles. The van der Waals surface area contributed by atoms with Crippen LogP contribution in [0.3, 0.4) is 0 Å². The summed E-state index contributed by atoms with van der Waals surface area (Å²) in [6.07, 6.45) is 4.79. The van der Waals surface area contributed by atoms with Crippen LogP contribution in [-0.2, 0) is 49.6 Å². The molecule has 0 aromatic carbocycles. The second kappa shape index (κ2) is 33.2. The number of H-pyrrole nitrogens is 1. The van der Waals surface area contributed by atoms with Gasteiger partial charge in [-0.05, 0) is 85.1 Å². The summed E-state index contributed by atoms with van der Waals surface area (Å²) in [6.45, 7) is 17.5. The summed E-state index contributed by atoms with van der Waals surface area (Å²) >= 11 is 10.5. The fourth-order valence-electron chi connectivity index (χ4n) is 8.34. The smallest absolute Gasteiger partial charge is 0.305 e. The molecule has 1 aliphatic heterocycles. The van der Waals surface area contributed by atoms with Crippen molar-refractivity contribution in [2.75, 3.05) is 18.1 Å². The lowest BCUT2D eigenvalue weighted by molar-refractivity contribution is -0.141. The number of carboxylic acid groups (broad SMARTS) is 1. The maximum absolute atomic E-state index is 14.2. The Labute approximate surface area is 476 Å². The number of aliphatic hydroxyl groups is 2. The number of nitrogens with one attached hydrogen (secondary N) is 8. The van der Waals surface area contributed by atoms with Crippen LogP contribution in [0.2, 0.25) is 0 Å². The van der Waals surface area contributed by atoms with Crippen molar-refractivity contribution in [3.8, 4) is 0 Å². The molecule has 13 N–H and O–H groups in total. The Morgan fingerprint density at radius 3 is 1.82 bits per heavy atom. The lowest BCUT2D eigenvalue weighted by Crippen LogP contribution is -2.61. The predicted molar refractivity (Wildman–Crippen MR) is 305 cm³/mol. The number of aromatic nitrogens is 2. The Kier molecular flexibility index (Phi) is 29.2. The molecule has 1 aromatic rings. The fourth-order valence-corrected chi connectivity index (χ4v) is 8.90. The molecule has 1 aliphatic rings. The molecule has 2 heterocycles. The first-order valence-corrected chi connectivity index (χ1v) is 28.2. The average Bonchev–Trinajstić information content (AvgIpc) is 4.03. The van der Waals surface area contributed by atoms with Gasteiger partial charge in [-0.1, -0.05) is 67.9 Å². The standard InChI is InChI=1S/C51H82IN11O12S2/c1-11-27(8)43(50(74)57-34(44(53)68)14-25(4)5)62-48(72)36(17-30-20-54-24-55-30)59-49(73)38(23-77)61-46(70)35(15-26(6)7)58-47(71)37(19-41(66)67)60-45(69)33(13-3)56-42(28(9)16-40(65)32(52)12-2)39-18-31(64)21-63(39)51(75)29(10)22-76/h12,16,20,24-27,29,31,33-39,43,56,64-65,76-77H,11,13-15,17-19,21-23H2,1-10H3,(H2,53,68)(H,54,55)(H,57,74)(H,58,71)(H,59,73)(H,60,69)(H,61,70)(H,62,72)(H,66,67)/b32-12+,40-16+,42-28+/t27?,29-,31?,33-,34?,35?,36?,37-,38-,39?,43-/m0/s1. The van der Waals surface area contributed by atoms with Gasteiger partial charge in [0.1, 0.15) is 48.1 Å². The number of nitrogens with two attached hydrogens (primary N) is 1. The number of carbonyl (C=O) groups is 9. The Bertz CT molecular complexity index is 2300. The normalized spacial score (nSPS) is 18.8. The maximum atomic E-state index is 14.2. The number of carboxylic acids is 1. The van der Waals surface area contributed by atoms with Crippen molar-refractivity contribution in [1.82, 2.24) is 52.1 Å². The van der Waals surface area contributed by atoms with Crippen LogP contribution in [0.1, 0.15) is 113 Å². The number of hydrogen-bond donors (Lipinski definition) is 14. The van der Waals surface area contributed by atoms with Gasteiger partial charge in [0.2, 0.25) is 47.3 Å². The summed E-state index contributed by atoms with van der Waals surface area (Å²) < 4.78 is 0.510. The summed E-state index contributed by atoms with van der Waals surface area (Å²) in [5, 5.41) is 50.5. The molecule has 0 aliphatic carbocycles. The molecule has 11 atom stereocenters. The third kappa shape index (κ3) is 21.8. The Hall–Kier alpha value is -5.35. The highest BCUT2D eigenvalue weighted by Crippen LogP contribution is 2.29. The van der Waals surface area contributed by atoms with Crippen molar-refractivity contribution in [3.05, 3.63) is 51.0 Å². The van der Waals surface area contributed by atoms with Gasteiger partial charge in [0.15, 0.2) is 0 Å².